The zero-order valence-corrected chi connectivity index (χ0v) is 18.4. The molecule has 164 valence electrons. The van der Waals surface area contributed by atoms with Gasteiger partial charge in [0.1, 0.15) is 11.6 Å². The third-order valence-corrected chi connectivity index (χ3v) is 5.22. The van der Waals surface area contributed by atoms with Crippen molar-refractivity contribution in [3.05, 3.63) is 102 Å². The lowest BCUT2D eigenvalue weighted by molar-refractivity contribution is -0.118. The summed E-state index contributed by atoms with van der Waals surface area (Å²) < 4.78 is 7.41. The third kappa shape index (κ3) is 5.66. The monoisotopic (exact) mass is 436 g/mol. The molecule has 4 rings (SSSR count). The molecule has 0 aliphatic carbocycles. The number of amides is 1. The van der Waals surface area contributed by atoms with Gasteiger partial charge in [0.2, 0.25) is 0 Å². The Hall–Kier alpha value is -4.37. The first-order valence-electron chi connectivity index (χ1n) is 10.7. The predicted molar refractivity (Wildman–Crippen MR) is 128 cm³/mol. The zero-order chi connectivity index (χ0) is 23.0. The van der Waals surface area contributed by atoms with Crippen molar-refractivity contribution in [2.75, 3.05) is 11.9 Å². The zero-order valence-electron chi connectivity index (χ0n) is 18.4. The van der Waals surface area contributed by atoms with Gasteiger partial charge in [0, 0.05) is 11.6 Å². The highest BCUT2D eigenvalue weighted by Crippen LogP contribution is 2.25. The molecule has 0 radical (unpaired) electrons. The second-order valence-electron chi connectivity index (χ2n) is 7.69. The molecule has 0 saturated carbocycles. The summed E-state index contributed by atoms with van der Waals surface area (Å²) in [5.74, 6) is 0.905. The number of nitrogens with one attached hydrogen (secondary N) is 1. The number of hydrogen-bond acceptors (Lipinski definition) is 4. The van der Waals surface area contributed by atoms with Gasteiger partial charge in [0.05, 0.1) is 24.7 Å². The van der Waals surface area contributed by atoms with Crippen LogP contribution in [-0.4, -0.2) is 22.3 Å². The van der Waals surface area contributed by atoms with E-state index in [0.29, 0.717) is 24.5 Å². The van der Waals surface area contributed by atoms with Gasteiger partial charge in [-0.2, -0.15) is 10.4 Å². The van der Waals surface area contributed by atoms with Gasteiger partial charge < -0.3 is 10.1 Å². The van der Waals surface area contributed by atoms with E-state index in [1.807, 2.05) is 79.7 Å². The van der Waals surface area contributed by atoms with Crippen LogP contribution in [0.25, 0.3) is 11.3 Å². The lowest BCUT2D eigenvalue weighted by atomic mass is 10.1. The Bertz CT molecular complexity index is 1270. The van der Waals surface area contributed by atoms with E-state index in [1.165, 1.54) is 0 Å². The highest BCUT2D eigenvalue weighted by Gasteiger charge is 2.14. The van der Waals surface area contributed by atoms with E-state index >= 15 is 0 Å². The quantitative estimate of drug-likeness (QED) is 0.422. The van der Waals surface area contributed by atoms with Crippen molar-refractivity contribution in [1.82, 2.24) is 9.78 Å². The minimum atomic E-state index is -0.276. The maximum absolute atomic E-state index is 12.7. The average Bonchev–Trinajstić information content (AvgIpc) is 3.21. The van der Waals surface area contributed by atoms with Crippen LogP contribution in [0.5, 0.6) is 5.75 Å². The molecule has 6 nitrogen and oxygen atoms in total. The second kappa shape index (κ2) is 10.3. The van der Waals surface area contributed by atoms with Crippen LogP contribution in [-0.2, 0) is 17.8 Å². The van der Waals surface area contributed by atoms with Crippen LogP contribution in [0.2, 0.25) is 0 Å². The Morgan fingerprint density at radius 1 is 1.00 bits per heavy atom. The van der Waals surface area contributed by atoms with E-state index in [-0.39, 0.29) is 12.5 Å². The molecule has 0 aliphatic rings. The van der Waals surface area contributed by atoms with Gasteiger partial charge in [0.15, 0.2) is 6.61 Å². The van der Waals surface area contributed by atoms with Crippen LogP contribution in [0.1, 0.15) is 16.7 Å². The van der Waals surface area contributed by atoms with Gasteiger partial charge >= 0.3 is 0 Å². The molecular formula is C27H24N4O2. The maximum Gasteiger partial charge on any atom is 0.263 e. The first-order valence-corrected chi connectivity index (χ1v) is 10.7. The topological polar surface area (TPSA) is 79.9 Å². The Morgan fingerprint density at radius 3 is 2.45 bits per heavy atom. The minimum absolute atomic E-state index is 0.131. The molecule has 0 atom stereocenters. The summed E-state index contributed by atoms with van der Waals surface area (Å²) >= 11 is 0. The van der Waals surface area contributed by atoms with Gasteiger partial charge in [-0.15, -0.1) is 0 Å². The Balaban J connectivity index is 1.50. The fraction of sp³-hybridized carbons (Fsp3) is 0.148. The SMILES string of the molecule is Cc1ccccc1-c1cc(NC(=O)COc2ccc(CC#N)cc2)n(Cc2ccccc2)n1. The molecule has 1 amide bonds. The molecule has 1 aromatic heterocycles. The normalized spacial score (nSPS) is 10.4. The summed E-state index contributed by atoms with van der Waals surface area (Å²) in [5, 5.41) is 16.5. The van der Waals surface area contributed by atoms with E-state index < -0.39 is 0 Å². The van der Waals surface area contributed by atoms with Crippen LogP contribution in [0.3, 0.4) is 0 Å². The van der Waals surface area contributed by atoms with E-state index in [4.69, 9.17) is 15.1 Å². The lowest BCUT2D eigenvalue weighted by Gasteiger charge is -2.10. The third-order valence-electron chi connectivity index (χ3n) is 5.22. The van der Waals surface area contributed by atoms with Crippen molar-refractivity contribution >= 4 is 11.7 Å². The van der Waals surface area contributed by atoms with E-state index in [1.54, 1.807) is 16.8 Å². The standard InChI is InChI=1S/C27H24N4O2/c1-20-7-5-6-10-24(20)25-17-26(31(30-25)18-22-8-3-2-4-9-22)29-27(32)19-33-23-13-11-21(12-14-23)15-16-28/h2-14,17H,15,18-19H2,1H3,(H,29,32). The van der Waals surface area contributed by atoms with Crippen LogP contribution < -0.4 is 10.1 Å². The number of ether oxygens (including phenoxy) is 1. The van der Waals surface area contributed by atoms with Crippen LogP contribution >= 0.6 is 0 Å². The highest BCUT2D eigenvalue weighted by molar-refractivity contribution is 5.91. The first kappa shape index (κ1) is 21.8. The van der Waals surface area contributed by atoms with Gasteiger partial charge in [-0.1, -0.05) is 66.7 Å². The number of rotatable bonds is 8. The molecular weight excluding hydrogens is 412 g/mol. The number of nitrogens with zero attached hydrogens (tertiary/aromatic N) is 3. The average molecular weight is 437 g/mol. The minimum Gasteiger partial charge on any atom is -0.484 e. The predicted octanol–water partition coefficient (Wildman–Crippen LogP) is 4.99. The van der Waals surface area contributed by atoms with E-state index in [2.05, 4.69) is 11.4 Å². The van der Waals surface area contributed by atoms with Gasteiger partial charge in [-0.25, -0.2) is 4.68 Å². The molecule has 0 saturated heterocycles. The maximum atomic E-state index is 12.7. The number of benzene rings is 3. The Labute approximate surface area is 193 Å². The molecule has 33 heavy (non-hydrogen) atoms. The summed E-state index contributed by atoms with van der Waals surface area (Å²) in [5.41, 5.74) is 4.92. The summed E-state index contributed by atoms with van der Waals surface area (Å²) in [6.45, 7) is 2.44. The summed E-state index contributed by atoms with van der Waals surface area (Å²) in [7, 11) is 0. The Morgan fingerprint density at radius 2 is 1.73 bits per heavy atom. The van der Waals surface area contributed by atoms with Crippen LogP contribution in [0, 0.1) is 18.3 Å². The van der Waals surface area contributed by atoms with Crippen molar-refractivity contribution in [1.29, 1.82) is 5.26 Å². The van der Waals surface area contributed by atoms with Crippen molar-refractivity contribution in [2.45, 2.75) is 19.9 Å². The lowest BCUT2D eigenvalue weighted by Crippen LogP contribution is -2.22. The van der Waals surface area contributed by atoms with Gasteiger partial charge in [-0.3, -0.25) is 4.79 Å². The molecule has 1 heterocycles. The molecule has 0 spiro atoms. The molecule has 1 N–H and O–H groups in total. The molecule has 3 aromatic carbocycles. The van der Waals surface area contributed by atoms with Crippen LogP contribution in [0.4, 0.5) is 5.82 Å². The fourth-order valence-corrected chi connectivity index (χ4v) is 3.51. The highest BCUT2D eigenvalue weighted by atomic mass is 16.5. The molecule has 0 unspecified atom stereocenters. The van der Waals surface area contributed by atoms with Gasteiger partial charge in [0.25, 0.3) is 5.91 Å². The van der Waals surface area contributed by atoms with Crippen molar-refractivity contribution in [3.8, 4) is 23.1 Å². The van der Waals surface area contributed by atoms with E-state index in [9.17, 15) is 4.79 Å². The van der Waals surface area contributed by atoms with Gasteiger partial charge in [-0.05, 0) is 35.7 Å². The molecule has 0 aliphatic heterocycles. The number of hydrogen-bond donors (Lipinski definition) is 1. The largest absolute Gasteiger partial charge is 0.484 e. The Kier molecular flexibility index (Phi) is 6.81. The van der Waals surface area contributed by atoms with Crippen LogP contribution in [0.15, 0.2) is 84.9 Å². The molecule has 0 bridgehead atoms. The summed E-state index contributed by atoms with van der Waals surface area (Å²) in [6, 6.07) is 29.2. The molecule has 6 heteroatoms. The van der Waals surface area contributed by atoms with E-state index in [0.717, 1.165) is 27.9 Å². The summed E-state index contributed by atoms with van der Waals surface area (Å²) in [6.07, 6.45) is 0.343. The first-order chi connectivity index (χ1) is 16.1. The van der Waals surface area contributed by atoms with Crippen molar-refractivity contribution in [2.24, 2.45) is 0 Å². The number of nitriles is 1. The summed E-state index contributed by atoms with van der Waals surface area (Å²) in [4.78, 5) is 12.7. The van der Waals surface area contributed by atoms with Crippen molar-refractivity contribution in [3.63, 3.8) is 0 Å². The number of aryl methyl sites for hydroxylation is 1. The smallest absolute Gasteiger partial charge is 0.263 e. The second-order valence-corrected chi connectivity index (χ2v) is 7.69. The number of carbonyl (C=O) groups excluding carboxylic acids is 1. The fourth-order valence-electron chi connectivity index (χ4n) is 3.51. The number of anilines is 1. The number of carbonyl (C=O) groups is 1. The van der Waals surface area contributed by atoms with Crippen molar-refractivity contribution < 1.29 is 9.53 Å². The molecule has 4 aromatic rings. The number of aromatic nitrogens is 2. The molecule has 0 fully saturated rings.